The van der Waals surface area contributed by atoms with Gasteiger partial charge in [-0.1, -0.05) is 73.1 Å². The van der Waals surface area contributed by atoms with E-state index < -0.39 is 5.25 Å². The quantitative estimate of drug-likeness (QED) is 0.561. The monoisotopic (exact) mass is 396 g/mol. The lowest BCUT2D eigenvalue weighted by molar-refractivity contribution is -0.115. The van der Waals surface area contributed by atoms with Gasteiger partial charge in [-0.3, -0.25) is 9.36 Å². The Kier molecular flexibility index (Phi) is 6.71. The number of aryl methyl sites for hydroxylation is 1. The molecule has 0 radical (unpaired) electrons. The highest BCUT2D eigenvalue weighted by atomic mass is 32.2. The normalized spacial score (nSPS) is 11.9. The second kappa shape index (κ2) is 9.41. The van der Waals surface area contributed by atoms with Crippen molar-refractivity contribution in [3.05, 3.63) is 76.2 Å². The van der Waals surface area contributed by atoms with Crippen molar-refractivity contribution in [2.45, 2.75) is 43.6 Å². The maximum atomic E-state index is 13.1. The van der Waals surface area contributed by atoms with Crippen LogP contribution in [0.5, 0.6) is 0 Å². The zero-order valence-corrected chi connectivity index (χ0v) is 16.8. The third kappa shape index (κ3) is 4.92. The summed E-state index contributed by atoms with van der Waals surface area (Å²) in [7, 11) is 0. The summed E-state index contributed by atoms with van der Waals surface area (Å²) in [6, 6.07) is 17.2. The lowest BCUT2D eigenvalue weighted by Gasteiger charge is -2.17. The average Bonchev–Trinajstić information content (AvgIpc) is 3.06. The van der Waals surface area contributed by atoms with Crippen LogP contribution in [0.15, 0.2) is 64.5 Å². The van der Waals surface area contributed by atoms with Crippen LogP contribution in [0.25, 0.3) is 0 Å². The minimum Gasteiger partial charge on any atom is -0.325 e. The fourth-order valence-corrected chi connectivity index (χ4v) is 3.83. The molecule has 1 heterocycles. The zero-order valence-electron chi connectivity index (χ0n) is 16.0. The third-order valence-corrected chi connectivity index (χ3v) is 5.59. The number of unbranched alkanes of at least 4 members (excludes halogenated alkanes) is 1. The molecule has 0 fully saturated rings. The van der Waals surface area contributed by atoms with Crippen LogP contribution in [0.2, 0.25) is 0 Å². The van der Waals surface area contributed by atoms with Crippen LogP contribution in [0, 0.1) is 6.92 Å². The van der Waals surface area contributed by atoms with E-state index in [1.54, 1.807) is 4.57 Å². The minimum absolute atomic E-state index is 0.155. The van der Waals surface area contributed by atoms with Gasteiger partial charge in [-0.2, -0.15) is 0 Å². The van der Waals surface area contributed by atoms with Gasteiger partial charge in [-0.15, -0.1) is 5.10 Å². The van der Waals surface area contributed by atoms with Gasteiger partial charge >= 0.3 is 5.69 Å². The summed E-state index contributed by atoms with van der Waals surface area (Å²) < 4.78 is 1.60. The van der Waals surface area contributed by atoms with Crippen LogP contribution >= 0.6 is 11.8 Å². The molecule has 7 heteroatoms. The number of H-pyrrole nitrogens is 1. The molecule has 6 nitrogen and oxygen atoms in total. The Bertz CT molecular complexity index is 964. The van der Waals surface area contributed by atoms with E-state index >= 15 is 0 Å². The van der Waals surface area contributed by atoms with E-state index in [1.165, 1.54) is 11.8 Å². The lowest BCUT2D eigenvalue weighted by Crippen LogP contribution is -2.21. The molecular weight excluding hydrogens is 372 g/mol. The Morgan fingerprint density at radius 2 is 1.89 bits per heavy atom. The predicted molar refractivity (Wildman–Crippen MR) is 113 cm³/mol. The molecular formula is C21H24N4O2S. The van der Waals surface area contributed by atoms with E-state index in [4.69, 9.17) is 0 Å². The molecule has 0 bridgehead atoms. The van der Waals surface area contributed by atoms with Gasteiger partial charge in [0.2, 0.25) is 5.91 Å². The van der Waals surface area contributed by atoms with Crippen LogP contribution in [0.3, 0.4) is 0 Å². The number of carbonyl (C=O) groups excluding carboxylic acids is 1. The number of aromatic nitrogens is 3. The van der Waals surface area contributed by atoms with Crippen molar-refractivity contribution < 1.29 is 4.79 Å². The second-order valence-electron chi connectivity index (χ2n) is 6.58. The Balaban J connectivity index is 1.87. The maximum Gasteiger partial charge on any atom is 0.343 e. The van der Waals surface area contributed by atoms with E-state index in [9.17, 15) is 9.59 Å². The first-order chi connectivity index (χ1) is 13.6. The number of anilines is 1. The molecule has 0 spiro atoms. The second-order valence-corrected chi connectivity index (χ2v) is 7.65. The number of nitrogens with zero attached hydrogens (tertiary/aromatic N) is 2. The van der Waals surface area contributed by atoms with Crippen molar-refractivity contribution in [1.29, 1.82) is 0 Å². The summed E-state index contributed by atoms with van der Waals surface area (Å²) in [5.41, 5.74) is 2.47. The Morgan fingerprint density at radius 1 is 1.18 bits per heavy atom. The van der Waals surface area contributed by atoms with E-state index in [0.29, 0.717) is 11.7 Å². The number of aromatic amines is 1. The molecule has 0 aliphatic carbocycles. The SMILES string of the molecule is CCCCn1c(SC(C(=O)Nc2ccc(C)cc2)c2ccccc2)n[nH]c1=O. The molecule has 0 aliphatic heterocycles. The van der Waals surface area contributed by atoms with Gasteiger partial charge in [0, 0.05) is 12.2 Å². The summed E-state index contributed by atoms with van der Waals surface area (Å²) in [6.45, 7) is 4.65. The smallest absolute Gasteiger partial charge is 0.325 e. The van der Waals surface area contributed by atoms with Crippen LogP contribution in [-0.2, 0) is 11.3 Å². The van der Waals surface area contributed by atoms with Crippen molar-refractivity contribution in [3.8, 4) is 0 Å². The zero-order chi connectivity index (χ0) is 19.9. The first-order valence-corrected chi connectivity index (χ1v) is 10.2. The number of hydrogen-bond acceptors (Lipinski definition) is 4. The van der Waals surface area contributed by atoms with E-state index in [-0.39, 0.29) is 11.6 Å². The number of rotatable bonds is 8. The summed E-state index contributed by atoms with van der Waals surface area (Å²) in [6.07, 6.45) is 1.84. The largest absolute Gasteiger partial charge is 0.343 e. The molecule has 146 valence electrons. The van der Waals surface area contributed by atoms with Gasteiger partial charge < -0.3 is 5.32 Å². The fraction of sp³-hybridized carbons (Fsp3) is 0.286. The summed E-state index contributed by atoms with van der Waals surface area (Å²) in [4.78, 5) is 25.2. The number of carbonyl (C=O) groups is 1. The first kappa shape index (κ1) is 19.9. The molecule has 0 saturated carbocycles. The lowest BCUT2D eigenvalue weighted by atomic mass is 10.1. The molecule has 28 heavy (non-hydrogen) atoms. The van der Waals surface area contributed by atoms with Crippen LogP contribution < -0.4 is 11.0 Å². The third-order valence-electron chi connectivity index (χ3n) is 4.34. The number of amides is 1. The van der Waals surface area contributed by atoms with Gasteiger partial charge in [0.1, 0.15) is 5.25 Å². The number of benzene rings is 2. The Labute approximate surface area is 168 Å². The Hall–Kier alpha value is -2.80. The number of nitrogens with one attached hydrogen (secondary N) is 2. The summed E-state index contributed by atoms with van der Waals surface area (Å²) in [5.74, 6) is -0.155. The molecule has 3 aromatic rings. The van der Waals surface area contributed by atoms with Crippen molar-refractivity contribution >= 4 is 23.4 Å². The highest BCUT2D eigenvalue weighted by Gasteiger charge is 2.25. The van der Waals surface area contributed by atoms with Crippen molar-refractivity contribution in [2.75, 3.05) is 5.32 Å². The van der Waals surface area contributed by atoms with Gasteiger partial charge in [-0.25, -0.2) is 9.89 Å². The predicted octanol–water partition coefficient (Wildman–Crippen LogP) is 4.15. The van der Waals surface area contributed by atoms with E-state index in [0.717, 1.165) is 29.7 Å². The molecule has 1 aromatic heterocycles. The molecule has 2 aromatic carbocycles. The van der Waals surface area contributed by atoms with Crippen molar-refractivity contribution in [3.63, 3.8) is 0 Å². The molecule has 0 aliphatic rings. The molecule has 2 N–H and O–H groups in total. The number of thioether (sulfide) groups is 1. The van der Waals surface area contributed by atoms with Gasteiger partial charge in [-0.05, 0) is 31.0 Å². The van der Waals surface area contributed by atoms with Crippen LogP contribution in [-0.4, -0.2) is 20.7 Å². The highest BCUT2D eigenvalue weighted by molar-refractivity contribution is 8.00. The van der Waals surface area contributed by atoms with Gasteiger partial charge in [0.05, 0.1) is 0 Å². The van der Waals surface area contributed by atoms with E-state index in [1.807, 2.05) is 61.5 Å². The fourth-order valence-electron chi connectivity index (χ4n) is 2.76. The Morgan fingerprint density at radius 3 is 2.57 bits per heavy atom. The standard InChI is InChI=1S/C21H24N4O2S/c1-3-4-14-25-20(27)23-24-21(25)28-18(16-8-6-5-7-9-16)19(26)22-17-12-10-15(2)11-13-17/h5-13,18H,3-4,14H2,1-2H3,(H,22,26)(H,23,27). The minimum atomic E-state index is -0.530. The molecule has 1 atom stereocenters. The van der Waals surface area contributed by atoms with Crippen molar-refractivity contribution in [2.24, 2.45) is 0 Å². The van der Waals surface area contributed by atoms with Crippen molar-refractivity contribution in [1.82, 2.24) is 14.8 Å². The highest BCUT2D eigenvalue weighted by Crippen LogP contribution is 2.34. The molecule has 1 amide bonds. The van der Waals surface area contributed by atoms with Crippen LogP contribution in [0.4, 0.5) is 5.69 Å². The molecule has 3 rings (SSSR count). The van der Waals surface area contributed by atoms with E-state index in [2.05, 4.69) is 22.4 Å². The average molecular weight is 397 g/mol. The van der Waals surface area contributed by atoms with Gasteiger partial charge in [0.25, 0.3) is 0 Å². The van der Waals surface area contributed by atoms with Crippen LogP contribution in [0.1, 0.15) is 36.1 Å². The summed E-state index contributed by atoms with van der Waals surface area (Å²) >= 11 is 1.28. The topological polar surface area (TPSA) is 79.8 Å². The molecule has 1 unspecified atom stereocenters. The first-order valence-electron chi connectivity index (χ1n) is 9.33. The number of hydrogen-bond donors (Lipinski definition) is 2. The summed E-state index contributed by atoms with van der Waals surface area (Å²) in [5, 5.41) is 9.61. The maximum absolute atomic E-state index is 13.1. The molecule has 0 saturated heterocycles. The van der Waals surface area contributed by atoms with Gasteiger partial charge in [0.15, 0.2) is 5.16 Å².